The summed E-state index contributed by atoms with van der Waals surface area (Å²) in [5, 5.41) is 4.14. The molecule has 0 saturated carbocycles. The lowest BCUT2D eigenvalue weighted by molar-refractivity contribution is -0.134. The van der Waals surface area contributed by atoms with E-state index in [4.69, 9.17) is 23.2 Å². The molecule has 2 amide bonds. The molecule has 0 radical (unpaired) electrons. The predicted molar refractivity (Wildman–Crippen MR) is 83.8 cm³/mol. The van der Waals surface area contributed by atoms with Crippen LogP contribution in [-0.4, -0.2) is 54.8 Å². The number of nitrogens with one attached hydrogen (secondary N) is 1. The van der Waals surface area contributed by atoms with Crippen molar-refractivity contribution >= 4 is 41.2 Å². The molecule has 1 aromatic rings. The van der Waals surface area contributed by atoms with Gasteiger partial charge in [0.15, 0.2) is 0 Å². The highest BCUT2D eigenvalue weighted by atomic mass is 35.5. The van der Waals surface area contributed by atoms with Crippen LogP contribution in [-0.2, 0) is 9.59 Å². The zero-order valence-corrected chi connectivity index (χ0v) is 13.0. The Balaban J connectivity index is 1.74. The smallest absolute Gasteiger partial charge is 0.224 e. The van der Waals surface area contributed by atoms with Gasteiger partial charge in [0.1, 0.15) is 0 Å². The molecular formula is C14H17Cl2N3O2. The Bertz CT molecular complexity index is 517. The second-order valence-electron chi connectivity index (χ2n) is 4.83. The van der Waals surface area contributed by atoms with Gasteiger partial charge in [0.05, 0.1) is 10.0 Å². The Morgan fingerprint density at radius 1 is 1.19 bits per heavy atom. The predicted octanol–water partition coefficient (Wildman–Crippen LogP) is 2.10. The first kappa shape index (κ1) is 15.9. The highest BCUT2D eigenvalue weighted by molar-refractivity contribution is 6.42. The van der Waals surface area contributed by atoms with Gasteiger partial charge in [-0.1, -0.05) is 23.2 Å². The van der Waals surface area contributed by atoms with Gasteiger partial charge in [-0.15, -0.1) is 0 Å². The summed E-state index contributed by atoms with van der Waals surface area (Å²) in [5.41, 5.74) is 0.836. The molecular weight excluding hydrogens is 313 g/mol. The van der Waals surface area contributed by atoms with Gasteiger partial charge in [-0.2, -0.15) is 0 Å². The summed E-state index contributed by atoms with van der Waals surface area (Å²) < 4.78 is 0. The summed E-state index contributed by atoms with van der Waals surface area (Å²) in [6.07, 6.45) is 1.23. The number of benzene rings is 1. The number of anilines is 1. The van der Waals surface area contributed by atoms with E-state index in [1.165, 1.54) is 0 Å². The molecule has 2 rings (SSSR count). The van der Waals surface area contributed by atoms with Gasteiger partial charge in [-0.25, -0.2) is 0 Å². The zero-order chi connectivity index (χ0) is 15.2. The molecule has 21 heavy (non-hydrogen) atoms. The molecule has 0 unspecified atom stereocenters. The Hall–Kier alpha value is -1.46. The molecule has 1 fully saturated rings. The number of halogens is 2. The Labute approximate surface area is 133 Å². The van der Waals surface area contributed by atoms with Gasteiger partial charge >= 0.3 is 0 Å². The fraction of sp³-hybridized carbons (Fsp3) is 0.429. The van der Waals surface area contributed by atoms with E-state index in [1.54, 1.807) is 21.9 Å². The number of nitrogens with zero attached hydrogens (tertiary/aromatic N) is 2. The molecule has 0 aliphatic carbocycles. The van der Waals surface area contributed by atoms with Gasteiger partial charge in [0, 0.05) is 44.8 Å². The number of rotatable bonds is 5. The number of carbonyl (C=O) groups excluding carboxylic acids is 2. The minimum atomic E-state index is 0.0908. The molecule has 0 atom stereocenters. The Kier molecular flexibility index (Phi) is 5.70. The van der Waals surface area contributed by atoms with E-state index >= 15 is 0 Å². The summed E-state index contributed by atoms with van der Waals surface area (Å²) in [7, 11) is 0. The second-order valence-corrected chi connectivity index (χ2v) is 5.64. The van der Waals surface area contributed by atoms with E-state index < -0.39 is 0 Å². The van der Waals surface area contributed by atoms with Crippen LogP contribution in [0.15, 0.2) is 18.2 Å². The molecule has 1 saturated heterocycles. The van der Waals surface area contributed by atoms with Crippen LogP contribution in [0.3, 0.4) is 0 Å². The average molecular weight is 330 g/mol. The monoisotopic (exact) mass is 329 g/mol. The lowest BCUT2D eigenvalue weighted by Crippen LogP contribution is -2.48. The third-order valence-corrected chi connectivity index (χ3v) is 4.14. The van der Waals surface area contributed by atoms with E-state index in [0.29, 0.717) is 49.2 Å². The summed E-state index contributed by atoms with van der Waals surface area (Å²) in [6, 6.07) is 5.27. The van der Waals surface area contributed by atoms with Crippen molar-refractivity contribution in [3.63, 3.8) is 0 Å². The Morgan fingerprint density at radius 3 is 2.52 bits per heavy atom. The number of hydrogen-bond donors (Lipinski definition) is 1. The average Bonchev–Trinajstić information content (AvgIpc) is 2.51. The number of carbonyl (C=O) groups is 2. The lowest BCUT2D eigenvalue weighted by atomic mass is 10.2. The fourth-order valence-corrected chi connectivity index (χ4v) is 2.45. The van der Waals surface area contributed by atoms with Crippen LogP contribution in [0.5, 0.6) is 0 Å². The topological polar surface area (TPSA) is 52.7 Å². The van der Waals surface area contributed by atoms with Gasteiger partial charge in [0.2, 0.25) is 12.3 Å². The van der Waals surface area contributed by atoms with Crippen LogP contribution in [0.1, 0.15) is 6.42 Å². The summed E-state index contributed by atoms with van der Waals surface area (Å²) in [6.45, 7) is 2.95. The molecule has 1 heterocycles. The zero-order valence-electron chi connectivity index (χ0n) is 11.5. The van der Waals surface area contributed by atoms with E-state index in [2.05, 4.69) is 5.32 Å². The molecule has 7 heteroatoms. The van der Waals surface area contributed by atoms with Crippen LogP contribution in [0.25, 0.3) is 0 Å². The van der Waals surface area contributed by atoms with E-state index in [0.717, 1.165) is 12.1 Å². The second kappa shape index (κ2) is 7.52. The van der Waals surface area contributed by atoms with Crippen LogP contribution in [0, 0.1) is 0 Å². The van der Waals surface area contributed by atoms with Crippen molar-refractivity contribution in [1.29, 1.82) is 0 Å². The van der Waals surface area contributed by atoms with Gasteiger partial charge in [0.25, 0.3) is 0 Å². The van der Waals surface area contributed by atoms with E-state index in [9.17, 15) is 9.59 Å². The van der Waals surface area contributed by atoms with Gasteiger partial charge < -0.3 is 15.1 Å². The highest BCUT2D eigenvalue weighted by Crippen LogP contribution is 2.24. The van der Waals surface area contributed by atoms with E-state index in [-0.39, 0.29) is 5.91 Å². The maximum absolute atomic E-state index is 12.0. The molecule has 0 bridgehead atoms. The number of piperazine rings is 1. The minimum Gasteiger partial charge on any atom is -0.384 e. The largest absolute Gasteiger partial charge is 0.384 e. The molecule has 5 nitrogen and oxygen atoms in total. The van der Waals surface area contributed by atoms with Crippen LogP contribution >= 0.6 is 23.2 Å². The molecule has 114 valence electrons. The molecule has 0 spiro atoms. The molecule has 1 aromatic carbocycles. The van der Waals surface area contributed by atoms with Crippen molar-refractivity contribution < 1.29 is 9.59 Å². The third kappa shape index (κ3) is 4.51. The maximum Gasteiger partial charge on any atom is 0.224 e. The highest BCUT2D eigenvalue weighted by Gasteiger charge is 2.19. The van der Waals surface area contributed by atoms with Gasteiger partial charge in [-0.05, 0) is 18.2 Å². The standard InChI is InChI=1S/C14H17Cl2N3O2/c15-12-2-1-11(9-13(12)16)17-4-3-14(21)19-7-5-18(10-20)6-8-19/h1-2,9-10,17H,3-8H2. The SMILES string of the molecule is O=CN1CCN(C(=O)CCNc2ccc(Cl)c(Cl)c2)CC1. The van der Waals surface area contributed by atoms with Crippen molar-refractivity contribution in [2.45, 2.75) is 6.42 Å². The van der Waals surface area contributed by atoms with Crippen molar-refractivity contribution in [3.05, 3.63) is 28.2 Å². The molecule has 1 aliphatic heterocycles. The molecule has 1 aliphatic rings. The van der Waals surface area contributed by atoms with Crippen LogP contribution in [0.4, 0.5) is 5.69 Å². The first-order chi connectivity index (χ1) is 10.1. The fourth-order valence-electron chi connectivity index (χ4n) is 2.15. The van der Waals surface area contributed by atoms with Crippen LogP contribution < -0.4 is 5.32 Å². The third-order valence-electron chi connectivity index (χ3n) is 3.40. The van der Waals surface area contributed by atoms with Crippen molar-refractivity contribution in [2.75, 3.05) is 38.0 Å². The molecule has 0 aromatic heterocycles. The number of hydrogen-bond acceptors (Lipinski definition) is 3. The maximum atomic E-state index is 12.0. The number of amides is 2. The normalized spacial score (nSPS) is 15.0. The van der Waals surface area contributed by atoms with Crippen molar-refractivity contribution in [3.8, 4) is 0 Å². The van der Waals surface area contributed by atoms with Crippen molar-refractivity contribution in [2.24, 2.45) is 0 Å². The van der Waals surface area contributed by atoms with Gasteiger partial charge in [-0.3, -0.25) is 9.59 Å². The van der Waals surface area contributed by atoms with Crippen LogP contribution in [0.2, 0.25) is 10.0 Å². The van der Waals surface area contributed by atoms with E-state index in [1.807, 2.05) is 6.07 Å². The molecule has 1 N–H and O–H groups in total. The first-order valence-electron chi connectivity index (χ1n) is 6.76. The minimum absolute atomic E-state index is 0.0908. The summed E-state index contributed by atoms with van der Waals surface area (Å²) >= 11 is 11.8. The summed E-state index contributed by atoms with van der Waals surface area (Å²) in [4.78, 5) is 26.1. The Morgan fingerprint density at radius 2 is 1.90 bits per heavy atom. The first-order valence-corrected chi connectivity index (χ1v) is 7.52. The quantitative estimate of drug-likeness (QED) is 0.841. The summed E-state index contributed by atoms with van der Waals surface area (Å²) in [5.74, 6) is 0.0908. The lowest BCUT2D eigenvalue weighted by Gasteiger charge is -2.32. The van der Waals surface area contributed by atoms with Crippen molar-refractivity contribution in [1.82, 2.24) is 9.80 Å².